The highest BCUT2D eigenvalue weighted by Crippen LogP contribution is 2.41. The van der Waals surface area contributed by atoms with Crippen molar-refractivity contribution in [3.8, 4) is 17.3 Å². The number of hydrogen-bond donors (Lipinski definition) is 0. The number of rotatable bonds is 7. The first-order valence-electron chi connectivity index (χ1n) is 11.2. The highest BCUT2D eigenvalue weighted by molar-refractivity contribution is 6.30. The van der Waals surface area contributed by atoms with Crippen LogP contribution in [0.1, 0.15) is 34.4 Å². The first-order chi connectivity index (χ1) is 17.8. The van der Waals surface area contributed by atoms with E-state index < -0.39 is 29.0 Å². The van der Waals surface area contributed by atoms with E-state index in [2.05, 4.69) is 15.1 Å². The van der Waals surface area contributed by atoms with Crippen LogP contribution in [-0.2, 0) is 12.7 Å². The van der Waals surface area contributed by atoms with Crippen LogP contribution in [0.25, 0.3) is 22.5 Å². The topological polar surface area (TPSA) is 83.0 Å². The van der Waals surface area contributed by atoms with E-state index in [-0.39, 0.29) is 29.0 Å². The number of fused-ring (bicyclic) bond motifs is 1. The molecule has 11 heteroatoms. The van der Waals surface area contributed by atoms with Gasteiger partial charge in [0.25, 0.3) is 5.89 Å². The maximum absolute atomic E-state index is 14.6. The van der Waals surface area contributed by atoms with Crippen LogP contribution in [0.4, 0.5) is 13.2 Å². The molecule has 0 bridgehead atoms. The van der Waals surface area contributed by atoms with E-state index in [4.69, 9.17) is 20.9 Å². The zero-order valence-corrected chi connectivity index (χ0v) is 20.0. The largest absolute Gasteiger partial charge is 0.494 e. The fourth-order valence-corrected chi connectivity index (χ4v) is 4.20. The SMILES string of the molecule is CCOc1ccc2c(c1)c(C(=O)c1noc(-c3ccccn3)n1)c(C(F)(F)F)n2Cc1ccc(Cl)cc1. The molecule has 5 rings (SSSR count). The summed E-state index contributed by atoms with van der Waals surface area (Å²) in [6.45, 7) is 1.89. The molecule has 2 aromatic carbocycles. The van der Waals surface area contributed by atoms with Gasteiger partial charge in [0.15, 0.2) is 0 Å². The summed E-state index contributed by atoms with van der Waals surface area (Å²) in [5.41, 5.74) is -0.667. The van der Waals surface area contributed by atoms with Crippen molar-refractivity contribution in [1.82, 2.24) is 19.7 Å². The van der Waals surface area contributed by atoms with Crippen LogP contribution in [0, 0.1) is 0 Å². The molecule has 0 fully saturated rings. The monoisotopic (exact) mass is 526 g/mol. The summed E-state index contributed by atoms with van der Waals surface area (Å²) < 4.78 is 55.5. The molecule has 0 aliphatic rings. The summed E-state index contributed by atoms with van der Waals surface area (Å²) in [7, 11) is 0. The standard InChI is InChI=1S/C26H18ClF3N4O3/c1-2-36-17-10-11-20-18(13-17)21(22(35)24-32-25(37-33-24)19-5-3-4-12-31-19)23(26(28,29)30)34(20)14-15-6-8-16(27)9-7-15/h3-13H,2,14H2,1H3. The molecule has 0 amide bonds. The average molecular weight is 527 g/mol. The minimum atomic E-state index is -4.88. The first-order valence-corrected chi connectivity index (χ1v) is 11.5. The predicted molar refractivity (Wildman–Crippen MR) is 130 cm³/mol. The van der Waals surface area contributed by atoms with Crippen LogP contribution in [0.5, 0.6) is 5.75 Å². The molecule has 0 aliphatic heterocycles. The lowest BCUT2D eigenvalue weighted by atomic mass is 10.1. The van der Waals surface area contributed by atoms with Gasteiger partial charge in [-0.3, -0.25) is 9.78 Å². The number of alkyl halides is 3. The van der Waals surface area contributed by atoms with E-state index in [9.17, 15) is 18.0 Å². The number of nitrogens with zero attached hydrogens (tertiary/aromatic N) is 4. The number of carbonyl (C=O) groups excluding carboxylic acids is 1. The number of hydrogen-bond acceptors (Lipinski definition) is 6. The van der Waals surface area contributed by atoms with Gasteiger partial charge in [0.2, 0.25) is 11.6 Å². The summed E-state index contributed by atoms with van der Waals surface area (Å²) in [5, 5.41) is 4.17. The van der Waals surface area contributed by atoms with Crippen molar-refractivity contribution in [2.45, 2.75) is 19.6 Å². The van der Waals surface area contributed by atoms with E-state index >= 15 is 0 Å². The third kappa shape index (κ3) is 4.79. The van der Waals surface area contributed by atoms with Crippen LogP contribution in [0.3, 0.4) is 0 Å². The zero-order chi connectivity index (χ0) is 26.2. The Labute approximate surface area is 213 Å². The molecular weight excluding hydrogens is 509 g/mol. The average Bonchev–Trinajstić information content (AvgIpc) is 3.49. The molecule has 3 heterocycles. The summed E-state index contributed by atoms with van der Waals surface area (Å²) in [6.07, 6.45) is -3.39. The number of ether oxygens (including phenoxy) is 1. The maximum Gasteiger partial charge on any atom is 0.432 e. The van der Waals surface area contributed by atoms with E-state index in [0.717, 1.165) is 4.57 Å². The highest BCUT2D eigenvalue weighted by Gasteiger charge is 2.42. The highest BCUT2D eigenvalue weighted by atomic mass is 35.5. The second kappa shape index (κ2) is 9.70. The second-order valence-electron chi connectivity index (χ2n) is 8.01. The molecule has 3 aromatic heterocycles. The van der Waals surface area contributed by atoms with Crippen molar-refractivity contribution < 1.29 is 27.2 Å². The lowest BCUT2D eigenvalue weighted by Crippen LogP contribution is -2.19. The Hall–Kier alpha value is -4.18. The second-order valence-corrected chi connectivity index (χ2v) is 8.45. The van der Waals surface area contributed by atoms with Crippen LogP contribution in [-0.4, -0.2) is 32.1 Å². The Morgan fingerprint density at radius 3 is 2.57 bits per heavy atom. The van der Waals surface area contributed by atoms with Gasteiger partial charge in [-0.25, -0.2) is 0 Å². The van der Waals surface area contributed by atoms with Crippen molar-refractivity contribution in [2.24, 2.45) is 0 Å². The smallest absolute Gasteiger partial charge is 0.432 e. The maximum atomic E-state index is 14.6. The lowest BCUT2D eigenvalue weighted by molar-refractivity contribution is -0.143. The summed E-state index contributed by atoms with van der Waals surface area (Å²) >= 11 is 5.95. The Bertz CT molecular complexity index is 1580. The van der Waals surface area contributed by atoms with Gasteiger partial charge < -0.3 is 13.8 Å². The Morgan fingerprint density at radius 1 is 1.11 bits per heavy atom. The van der Waals surface area contributed by atoms with Gasteiger partial charge in [0.1, 0.15) is 17.1 Å². The summed E-state index contributed by atoms with van der Waals surface area (Å²) in [5.74, 6) is -1.31. The van der Waals surface area contributed by atoms with Gasteiger partial charge in [-0.15, -0.1) is 0 Å². The molecule has 0 radical (unpaired) electrons. The normalized spacial score (nSPS) is 11.7. The number of aromatic nitrogens is 4. The number of halogens is 4. The summed E-state index contributed by atoms with van der Waals surface area (Å²) in [4.78, 5) is 21.7. The minimum absolute atomic E-state index is 0.0569. The fourth-order valence-electron chi connectivity index (χ4n) is 4.07. The Morgan fingerprint density at radius 2 is 1.89 bits per heavy atom. The van der Waals surface area contributed by atoms with Crippen LogP contribution < -0.4 is 4.74 Å². The van der Waals surface area contributed by atoms with Gasteiger partial charge in [-0.05, 0) is 55.0 Å². The van der Waals surface area contributed by atoms with Crippen molar-refractivity contribution in [3.05, 3.63) is 94.5 Å². The molecule has 0 spiro atoms. The number of carbonyl (C=O) groups is 1. The molecule has 5 aromatic rings. The number of ketones is 1. The number of pyridine rings is 1. The molecule has 0 unspecified atom stereocenters. The molecule has 188 valence electrons. The van der Waals surface area contributed by atoms with Crippen molar-refractivity contribution in [3.63, 3.8) is 0 Å². The van der Waals surface area contributed by atoms with Gasteiger partial charge >= 0.3 is 6.18 Å². The van der Waals surface area contributed by atoms with E-state index in [1.54, 1.807) is 55.5 Å². The minimum Gasteiger partial charge on any atom is -0.494 e. The van der Waals surface area contributed by atoms with Crippen LogP contribution >= 0.6 is 11.6 Å². The molecule has 0 saturated heterocycles. The molecular formula is C26H18ClF3N4O3. The summed E-state index contributed by atoms with van der Waals surface area (Å²) in [6, 6.07) is 15.8. The van der Waals surface area contributed by atoms with Gasteiger partial charge in [-0.2, -0.15) is 18.2 Å². The third-order valence-electron chi connectivity index (χ3n) is 5.61. The van der Waals surface area contributed by atoms with Crippen LogP contribution in [0.15, 0.2) is 71.4 Å². The Kier molecular flexibility index (Phi) is 6.43. The van der Waals surface area contributed by atoms with Crippen molar-refractivity contribution >= 4 is 28.3 Å². The fraction of sp³-hybridized carbons (Fsp3) is 0.154. The van der Waals surface area contributed by atoms with Crippen molar-refractivity contribution in [2.75, 3.05) is 6.61 Å². The molecule has 0 aliphatic carbocycles. The predicted octanol–water partition coefficient (Wildman–Crippen LogP) is 6.44. The van der Waals surface area contributed by atoms with Gasteiger partial charge in [-0.1, -0.05) is 35.0 Å². The van der Waals surface area contributed by atoms with Gasteiger partial charge in [0, 0.05) is 28.7 Å². The number of benzene rings is 2. The molecule has 37 heavy (non-hydrogen) atoms. The lowest BCUT2D eigenvalue weighted by Gasteiger charge is -2.14. The Balaban J connectivity index is 1.71. The molecule has 0 atom stereocenters. The van der Waals surface area contributed by atoms with Crippen LogP contribution in [0.2, 0.25) is 5.02 Å². The van der Waals surface area contributed by atoms with E-state index in [1.807, 2.05) is 0 Å². The molecule has 0 saturated carbocycles. The van der Waals surface area contributed by atoms with Gasteiger partial charge in [0.05, 0.1) is 12.2 Å². The van der Waals surface area contributed by atoms with E-state index in [1.165, 1.54) is 18.3 Å². The van der Waals surface area contributed by atoms with Crippen molar-refractivity contribution in [1.29, 1.82) is 0 Å². The van der Waals surface area contributed by atoms with E-state index in [0.29, 0.717) is 22.9 Å². The third-order valence-corrected chi connectivity index (χ3v) is 5.86. The molecule has 0 N–H and O–H groups in total. The first kappa shape index (κ1) is 24.5. The molecule has 7 nitrogen and oxygen atoms in total. The zero-order valence-electron chi connectivity index (χ0n) is 19.3. The quantitative estimate of drug-likeness (QED) is 0.227.